The molecule has 0 unspecified atom stereocenters. The topological polar surface area (TPSA) is 153 Å². The van der Waals surface area contributed by atoms with E-state index in [9.17, 15) is 28.7 Å². The molecule has 1 amide bonds. The van der Waals surface area contributed by atoms with E-state index in [1.165, 1.54) is 12.1 Å². The number of rotatable bonds is 9. The standard InChI is InChI=1S/C23H23FN4O6/c1-12-25-17-5-3-13(9-15(17)22(32)26-12)11-28(2)19-7-4-14(10-16(19)24)21(31)27-18(23(33)34)6-8-20(29)30/h3-5,7,9-10,18H,6,8,11H2,1-2H3,(H,27,31)(H,29,30)(H,33,34)(H,25,26,32)/t18-/m1/s1. The summed E-state index contributed by atoms with van der Waals surface area (Å²) in [7, 11) is 1.65. The van der Waals surface area contributed by atoms with Crippen LogP contribution >= 0.6 is 0 Å². The van der Waals surface area contributed by atoms with Crippen LogP contribution in [0.1, 0.15) is 34.6 Å². The van der Waals surface area contributed by atoms with Crippen molar-refractivity contribution in [3.8, 4) is 0 Å². The molecule has 0 bridgehead atoms. The Labute approximate surface area is 193 Å². The highest BCUT2D eigenvalue weighted by molar-refractivity contribution is 5.97. The maximum absolute atomic E-state index is 14.8. The van der Waals surface area contributed by atoms with Crippen LogP contribution in [0.25, 0.3) is 10.9 Å². The predicted molar refractivity (Wildman–Crippen MR) is 121 cm³/mol. The van der Waals surface area contributed by atoms with Crippen LogP contribution in [-0.2, 0) is 16.1 Å². The summed E-state index contributed by atoms with van der Waals surface area (Å²) in [5.41, 5.74) is 1.12. The van der Waals surface area contributed by atoms with Gasteiger partial charge in [0.1, 0.15) is 17.7 Å². The Kier molecular flexibility index (Phi) is 7.24. The fourth-order valence-corrected chi connectivity index (χ4v) is 3.48. The number of carbonyl (C=O) groups is 3. The number of aromatic amines is 1. The maximum Gasteiger partial charge on any atom is 0.326 e. The number of anilines is 1. The van der Waals surface area contributed by atoms with Gasteiger partial charge in [-0.2, -0.15) is 0 Å². The van der Waals surface area contributed by atoms with Crippen molar-refractivity contribution in [3.63, 3.8) is 0 Å². The first kappa shape index (κ1) is 24.4. The van der Waals surface area contributed by atoms with Crippen LogP contribution < -0.4 is 15.8 Å². The van der Waals surface area contributed by atoms with Gasteiger partial charge >= 0.3 is 11.9 Å². The van der Waals surface area contributed by atoms with Crippen molar-refractivity contribution in [2.45, 2.75) is 32.4 Å². The molecule has 0 saturated carbocycles. The molecule has 0 radical (unpaired) electrons. The summed E-state index contributed by atoms with van der Waals surface area (Å²) in [5.74, 6) is -3.61. The van der Waals surface area contributed by atoms with E-state index in [1.54, 1.807) is 37.1 Å². The molecule has 2 aromatic carbocycles. The van der Waals surface area contributed by atoms with Crippen molar-refractivity contribution in [1.82, 2.24) is 15.3 Å². The average molecular weight is 470 g/mol. The number of nitrogens with zero attached hydrogens (tertiary/aromatic N) is 2. The Morgan fingerprint density at radius 1 is 1.18 bits per heavy atom. The number of H-pyrrole nitrogens is 1. The monoisotopic (exact) mass is 470 g/mol. The van der Waals surface area contributed by atoms with Crippen LogP contribution in [0.5, 0.6) is 0 Å². The van der Waals surface area contributed by atoms with E-state index in [4.69, 9.17) is 5.11 Å². The molecule has 0 spiro atoms. The molecule has 4 N–H and O–H groups in total. The molecule has 1 heterocycles. The van der Waals surface area contributed by atoms with Crippen molar-refractivity contribution >= 4 is 34.4 Å². The van der Waals surface area contributed by atoms with Crippen LogP contribution in [0, 0.1) is 12.7 Å². The smallest absolute Gasteiger partial charge is 0.326 e. The Balaban J connectivity index is 1.74. The molecule has 0 aliphatic rings. The lowest BCUT2D eigenvalue weighted by Gasteiger charge is -2.21. The van der Waals surface area contributed by atoms with E-state index in [2.05, 4.69) is 15.3 Å². The largest absolute Gasteiger partial charge is 0.481 e. The van der Waals surface area contributed by atoms with Gasteiger partial charge in [-0.05, 0) is 49.2 Å². The number of aryl methyl sites for hydroxylation is 1. The molecule has 1 atom stereocenters. The van der Waals surface area contributed by atoms with E-state index in [-0.39, 0.29) is 29.8 Å². The Morgan fingerprint density at radius 3 is 2.56 bits per heavy atom. The Hall–Kier alpha value is -4.28. The number of aliphatic carboxylic acids is 2. The number of benzene rings is 2. The van der Waals surface area contributed by atoms with E-state index in [0.717, 1.165) is 11.6 Å². The first-order valence-electron chi connectivity index (χ1n) is 10.3. The summed E-state index contributed by atoms with van der Waals surface area (Å²) in [5, 5.41) is 20.5. The van der Waals surface area contributed by atoms with Gasteiger partial charge in [-0.3, -0.25) is 14.4 Å². The molecule has 11 heteroatoms. The molecule has 1 aromatic heterocycles. The summed E-state index contributed by atoms with van der Waals surface area (Å²) in [6.07, 6.45) is -0.741. The number of halogens is 1. The average Bonchev–Trinajstić information content (AvgIpc) is 2.76. The third-order valence-electron chi connectivity index (χ3n) is 5.18. The van der Waals surface area contributed by atoms with Gasteiger partial charge in [-0.1, -0.05) is 6.07 Å². The molecule has 178 valence electrons. The normalized spacial score (nSPS) is 11.7. The fraction of sp³-hybridized carbons (Fsp3) is 0.261. The number of carbonyl (C=O) groups excluding carboxylic acids is 1. The second-order valence-electron chi connectivity index (χ2n) is 7.82. The number of amides is 1. The third kappa shape index (κ3) is 5.74. The van der Waals surface area contributed by atoms with Crippen molar-refractivity contribution in [2.24, 2.45) is 0 Å². The number of fused-ring (bicyclic) bond motifs is 1. The lowest BCUT2D eigenvalue weighted by Crippen LogP contribution is -2.41. The number of aromatic nitrogens is 2. The highest BCUT2D eigenvalue weighted by atomic mass is 19.1. The van der Waals surface area contributed by atoms with Crippen LogP contribution in [-0.4, -0.2) is 51.1 Å². The molecule has 10 nitrogen and oxygen atoms in total. The lowest BCUT2D eigenvalue weighted by molar-refractivity contribution is -0.140. The van der Waals surface area contributed by atoms with Gasteiger partial charge < -0.3 is 25.4 Å². The number of carboxylic acids is 2. The van der Waals surface area contributed by atoms with Gasteiger partial charge in [-0.15, -0.1) is 0 Å². The Bertz CT molecular complexity index is 1320. The fourth-order valence-electron chi connectivity index (χ4n) is 3.48. The number of carboxylic acid groups (broad SMARTS) is 2. The highest BCUT2D eigenvalue weighted by Gasteiger charge is 2.22. The van der Waals surface area contributed by atoms with Gasteiger partial charge in [0.15, 0.2) is 0 Å². The zero-order valence-corrected chi connectivity index (χ0v) is 18.5. The minimum absolute atomic E-state index is 0.102. The van der Waals surface area contributed by atoms with Crippen LogP contribution in [0.2, 0.25) is 0 Å². The van der Waals surface area contributed by atoms with Gasteiger partial charge in [0.2, 0.25) is 0 Å². The molecular formula is C23H23FN4O6. The van der Waals surface area contributed by atoms with Gasteiger partial charge in [-0.25, -0.2) is 14.2 Å². The molecule has 0 saturated heterocycles. The maximum atomic E-state index is 14.8. The highest BCUT2D eigenvalue weighted by Crippen LogP contribution is 2.22. The van der Waals surface area contributed by atoms with Crippen molar-refractivity contribution in [2.75, 3.05) is 11.9 Å². The zero-order valence-electron chi connectivity index (χ0n) is 18.5. The Morgan fingerprint density at radius 2 is 1.91 bits per heavy atom. The summed E-state index contributed by atoms with van der Waals surface area (Å²) in [4.78, 5) is 55.0. The lowest BCUT2D eigenvalue weighted by atomic mass is 10.1. The van der Waals surface area contributed by atoms with E-state index >= 15 is 0 Å². The van der Waals surface area contributed by atoms with Crippen molar-refractivity contribution < 1.29 is 29.0 Å². The van der Waals surface area contributed by atoms with Gasteiger partial charge in [0.25, 0.3) is 11.5 Å². The molecule has 0 aliphatic carbocycles. The van der Waals surface area contributed by atoms with Crippen LogP contribution in [0.15, 0.2) is 41.2 Å². The van der Waals surface area contributed by atoms with E-state index < -0.39 is 36.1 Å². The minimum atomic E-state index is -1.41. The molecule has 3 aromatic rings. The van der Waals surface area contributed by atoms with E-state index in [1.807, 2.05) is 0 Å². The number of hydrogen-bond donors (Lipinski definition) is 4. The first-order valence-corrected chi connectivity index (χ1v) is 10.3. The second kappa shape index (κ2) is 10.1. The molecule has 0 aliphatic heterocycles. The summed E-state index contributed by atoms with van der Waals surface area (Å²) >= 11 is 0. The summed E-state index contributed by atoms with van der Waals surface area (Å²) < 4.78 is 14.8. The summed E-state index contributed by atoms with van der Waals surface area (Å²) in [6.45, 7) is 1.95. The molecule has 3 rings (SSSR count). The molecule has 34 heavy (non-hydrogen) atoms. The minimum Gasteiger partial charge on any atom is -0.481 e. The quantitative estimate of drug-likeness (QED) is 0.371. The molecular weight excluding hydrogens is 447 g/mol. The van der Waals surface area contributed by atoms with E-state index in [0.29, 0.717) is 16.7 Å². The number of nitrogens with one attached hydrogen (secondary N) is 2. The molecule has 0 fully saturated rings. The number of hydrogen-bond acceptors (Lipinski definition) is 6. The van der Waals surface area contributed by atoms with Crippen LogP contribution in [0.4, 0.5) is 10.1 Å². The van der Waals surface area contributed by atoms with Gasteiger partial charge in [0.05, 0.1) is 16.6 Å². The predicted octanol–water partition coefficient (Wildman–Crippen LogP) is 2.05. The zero-order chi connectivity index (χ0) is 25.0. The first-order chi connectivity index (χ1) is 16.0. The van der Waals surface area contributed by atoms with Crippen LogP contribution in [0.3, 0.4) is 0 Å². The van der Waals surface area contributed by atoms with Crippen molar-refractivity contribution in [3.05, 3.63) is 69.5 Å². The SMILES string of the molecule is Cc1nc2ccc(CN(C)c3ccc(C(=O)N[C@H](CCC(=O)O)C(=O)O)cc3F)cc2c(=O)[nH]1. The third-order valence-corrected chi connectivity index (χ3v) is 5.18. The van der Waals surface area contributed by atoms with Crippen molar-refractivity contribution in [1.29, 1.82) is 0 Å². The van der Waals surface area contributed by atoms with Gasteiger partial charge in [0, 0.05) is 25.6 Å². The second-order valence-corrected chi connectivity index (χ2v) is 7.82. The summed E-state index contributed by atoms with van der Waals surface area (Å²) in [6, 6.07) is 7.48.